The number of nitriles is 1. The van der Waals surface area contributed by atoms with Gasteiger partial charge >= 0.3 is 0 Å². The van der Waals surface area contributed by atoms with Crippen LogP contribution in [0.1, 0.15) is 74.6 Å². The van der Waals surface area contributed by atoms with Crippen LogP contribution in [0.5, 0.6) is 0 Å². The molecule has 2 fully saturated rings. The largest absolute Gasteiger partial charge is 0.376 e. The Kier molecular flexibility index (Phi) is 7.52. The lowest BCUT2D eigenvalue weighted by atomic mass is 9.97. The number of ether oxygens (including phenoxy) is 1. The molecule has 154 valence electrons. The number of hydrogen-bond acceptors (Lipinski definition) is 4. The summed E-state index contributed by atoms with van der Waals surface area (Å²) in [5.41, 5.74) is 2.52. The highest BCUT2D eigenvalue weighted by Gasteiger charge is 2.24. The number of carbonyl (C=O) groups excluding carboxylic acids is 1. The van der Waals surface area contributed by atoms with Crippen molar-refractivity contribution in [2.24, 2.45) is 0 Å². The summed E-state index contributed by atoms with van der Waals surface area (Å²) in [6.07, 6.45) is 10.9. The summed E-state index contributed by atoms with van der Waals surface area (Å²) >= 11 is 0. The number of aromatic nitrogens is 1. The van der Waals surface area contributed by atoms with E-state index in [0.717, 1.165) is 43.5 Å². The Hall–Kier alpha value is -1.84. The Morgan fingerprint density at radius 1 is 1.14 bits per heavy atom. The first-order valence-electron chi connectivity index (χ1n) is 10.8. The van der Waals surface area contributed by atoms with E-state index >= 15 is 0 Å². The van der Waals surface area contributed by atoms with Gasteiger partial charge in [-0.05, 0) is 45.1 Å². The lowest BCUT2D eigenvalue weighted by Gasteiger charge is -2.21. The first kappa shape index (κ1) is 20.9. The Balaban J connectivity index is 1.65. The van der Waals surface area contributed by atoms with Crippen molar-refractivity contribution in [3.63, 3.8) is 0 Å². The minimum absolute atomic E-state index is 0.0790. The normalized spacial score (nSPS) is 21.1. The second-order valence-corrected chi connectivity index (χ2v) is 8.26. The van der Waals surface area contributed by atoms with E-state index in [4.69, 9.17) is 4.74 Å². The zero-order chi connectivity index (χ0) is 19.9. The van der Waals surface area contributed by atoms with E-state index in [1.165, 1.54) is 32.1 Å². The maximum atomic E-state index is 12.7. The monoisotopic (exact) mass is 386 g/mol. The van der Waals surface area contributed by atoms with Crippen LogP contribution >= 0.6 is 0 Å². The minimum Gasteiger partial charge on any atom is -0.376 e. The predicted octanol–water partition coefficient (Wildman–Crippen LogP) is 3.80. The van der Waals surface area contributed by atoms with Crippen LogP contribution in [0.25, 0.3) is 0 Å². The van der Waals surface area contributed by atoms with Gasteiger partial charge in [0.25, 0.3) is 0 Å². The summed E-state index contributed by atoms with van der Waals surface area (Å²) in [4.78, 5) is 12.7. The molecule has 0 unspecified atom stereocenters. The summed E-state index contributed by atoms with van der Waals surface area (Å²) in [5.74, 6) is 0.544. The second-order valence-electron chi connectivity index (χ2n) is 8.26. The van der Waals surface area contributed by atoms with Gasteiger partial charge in [0.1, 0.15) is 11.9 Å². The standard InChI is InChI=1S/C22H34N4O2/c1-16-17(2)26(15-19-11-8-12-28-19)22(20(16)13-23)25-21(27)14-24-18-9-6-4-3-5-7-10-18/h18-19,24H,3-12,14-15H2,1-2H3,(H,25,27)/t19-/m1/s1. The van der Waals surface area contributed by atoms with Crippen molar-refractivity contribution in [2.75, 3.05) is 18.5 Å². The molecule has 1 aliphatic carbocycles. The molecule has 1 aromatic heterocycles. The predicted molar refractivity (Wildman–Crippen MR) is 110 cm³/mol. The van der Waals surface area contributed by atoms with Crippen molar-refractivity contribution in [3.05, 3.63) is 16.8 Å². The van der Waals surface area contributed by atoms with Gasteiger partial charge in [-0.1, -0.05) is 32.1 Å². The van der Waals surface area contributed by atoms with Gasteiger partial charge in [0, 0.05) is 18.3 Å². The molecule has 2 aliphatic rings. The van der Waals surface area contributed by atoms with Crippen LogP contribution in [0.3, 0.4) is 0 Å². The Labute approximate surface area is 168 Å². The molecule has 1 saturated carbocycles. The molecule has 1 saturated heterocycles. The Morgan fingerprint density at radius 3 is 2.50 bits per heavy atom. The smallest absolute Gasteiger partial charge is 0.239 e. The SMILES string of the molecule is Cc1c(C#N)c(NC(=O)CNC2CCCCCCC2)n(C[C@H]2CCCO2)c1C. The van der Waals surface area contributed by atoms with Crippen molar-refractivity contribution in [1.29, 1.82) is 5.26 Å². The van der Waals surface area contributed by atoms with Crippen LogP contribution in [-0.2, 0) is 16.1 Å². The molecule has 6 heteroatoms. The van der Waals surface area contributed by atoms with Gasteiger partial charge in [0.05, 0.1) is 24.8 Å². The first-order chi connectivity index (χ1) is 13.6. The van der Waals surface area contributed by atoms with Gasteiger partial charge in [-0.3, -0.25) is 4.79 Å². The molecule has 1 amide bonds. The second kappa shape index (κ2) is 10.1. The number of amides is 1. The third kappa shape index (κ3) is 5.15. The topological polar surface area (TPSA) is 79.1 Å². The third-order valence-corrected chi connectivity index (χ3v) is 6.27. The van der Waals surface area contributed by atoms with Gasteiger partial charge in [-0.2, -0.15) is 5.26 Å². The van der Waals surface area contributed by atoms with E-state index in [-0.39, 0.29) is 12.0 Å². The van der Waals surface area contributed by atoms with Gasteiger partial charge in [-0.15, -0.1) is 0 Å². The molecule has 1 aliphatic heterocycles. The van der Waals surface area contributed by atoms with E-state index in [1.54, 1.807) is 0 Å². The minimum atomic E-state index is -0.0790. The van der Waals surface area contributed by atoms with E-state index in [2.05, 4.69) is 21.3 Å². The third-order valence-electron chi connectivity index (χ3n) is 6.27. The van der Waals surface area contributed by atoms with Crippen LogP contribution in [0, 0.1) is 25.2 Å². The first-order valence-corrected chi connectivity index (χ1v) is 10.8. The van der Waals surface area contributed by atoms with E-state index in [1.807, 2.05) is 13.8 Å². The fourth-order valence-corrected chi connectivity index (χ4v) is 4.42. The van der Waals surface area contributed by atoms with Crippen molar-refractivity contribution in [1.82, 2.24) is 9.88 Å². The highest BCUT2D eigenvalue weighted by molar-refractivity contribution is 5.93. The molecule has 1 aromatic rings. The van der Waals surface area contributed by atoms with Gasteiger partial charge in [0.2, 0.25) is 5.91 Å². The quantitative estimate of drug-likeness (QED) is 0.779. The molecular weight excluding hydrogens is 352 g/mol. The van der Waals surface area contributed by atoms with Crippen LogP contribution in [0.15, 0.2) is 0 Å². The van der Waals surface area contributed by atoms with Gasteiger partial charge in [0.15, 0.2) is 0 Å². The summed E-state index contributed by atoms with van der Waals surface area (Å²) in [6, 6.07) is 2.70. The lowest BCUT2D eigenvalue weighted by Crippen LogP contribution is -2.37. The van der Waals surface area contributed by atoms with Crippen molar-refractivity contribution in [2.45, 2.75) is 90.3 Å². The molecule has 3 rings (SSSR count). The zero-order valence-electron chi connectivity index (χ0n) is 17.4. The maximum absolute atomic E-state index is 12.7. The van der Waals surface area contributed by atoms with Crippen LogP contribution in [0.4, 0.5) is 5.82 Å². The average Bonchev–Trinajstić information content (AvgIpc) is 3.24. The fourth-order valence-electron chi connectivity index (χ4n) is 4.42. The van der Waals surface area contributed by atoms with E-state index < -0.39 is 0 Å². The van der Waals surface area contributed by atoms with E-state index in [9.17, 15) is 10.1 Å². The molecule has 1 atom stereocenters. The Morgan fingerprint density at radius 2 is 1.86 bits per heavy atom. The summed E-state index contributed by atoms with van der Waals surface area (Å²) in [6.45, 7) is 5.72. The summed E-state index contributed by atoms with van der Waals surface area (Å²) in [7, 11) is 0. The Bertz CT molecular complexity index is 705. The molecule has 28 heavy (non-hydrogen) atoms. The number of anilines is 1. The summed E-state index contributed by atoms with van der Waals surface area (Å²) < 4.78 is 7.83. The molecule has 0 bridgehead atoms. The molecule has 2 N–H and O–H groups in total. The van der Waals surface area contributed by atoms with Crippen LogP contribution in [-0.4, -0.2) is 35.8 Å². The van der Waals surface area contributed by atoms with Gasteiger partial charge in [-0.25, -0.2) is 0 Å². The number of hydrogen-bond donors (Lipinski definition) is 2. The van der Waals surface area contributed by atoms with Gasteiger partial charge < -0.3 is 19.9 Å². The highest BCUT2D eigenvalue weighted by atomic mass is 16.5. The number of nitrogens with zero attached hydrogens (tertiary/aromatic N) is 2. The molecule has 0 spiro atoms. The number of carbonyl (C=O) groups is 1. The molecule has 0 radical (unpaired) electrons. The van der Waals surface area contributed by atoms with E-state index in [0.29, 0.717) is 30.5 Å². The lowest BCUT2D eigenvalue weighted by molar-refractivity contribution is -0.115. The number of nitrogens with one attached hydrogen (secondary N) is 2. The maximum Gasteiger partial charge on any atom is 0.239 e. The van der Waals surface area contributed by atoms with Crippen LogP contribution < -0.4 is 10.6 Å². The highest BCUT2D eigenvalue weighted by Crippen LogP contribution is 2.28. The zero-order valence-corrected chi connectivity index (χ0v) is 17.4. The summed E-state index contributed by atoms with van der Waals surface area (Å²) in [5, 5.41) is 16.1. The molecular formula is C22H34N4O2. The van der Waals surface area contributed by atoms with Crippen molar-refractivity contribution < 1.29 is 9.53 Å². The average molecular weight is 387 g/mol. The van der Waals surface area contributed by atoms with Crippen molar-refractivity contribution in [3.8, 4) is 6.07 Å². The molecule has 0 aromatic carbocycles. The van der Waals surface area contributed by atoms with Crippen molar-refractivity contribution >= 4 is 11.7 Å². The van der Waals surface area contributed by atoms with Crippen LogP contribution in [0.2, 0.25) is 0 Å². The number of rotatable bonds is 6. The molecule has 6 nitrogen and oxygen atoms in total. The molecule has 2 heterocycles. The fraction of sp³-hybridized carbons (Fsp3) is 0.727.